The summed E-state index contributed by atoms with van der Waals surface area (Å²) in [5, 5.41) is 10.6. The molecule has 12 rings (SSSR count). The lowest BCUT2D eigenvalue weighted by molar-refractivity contribution is 0.670. The molecule has 0 aliphatic rings. The van der Waals surface area contributed by atoms with Crippen LogP contribution in [0.1, 0.15) is 0 Å². The number of thiophene rings is 1. The second-order valence-corrected chi connectivity index (χ2v) is 14.7. The third kappa shape index (κ3) is 4.05. The number of para-hydroxylation sites is 1. The topological polar surface area (TPSA) is 43.9 Å². The molecule has 0 unspecified atom stereocenters. The monoisotopic (exact) mass is 693 g/mol. The van der Waals surface area contributed by atoms with Gasteiger partial charge in [-0.25, -0.2) is 9.97 Å². The SMILES string of the molecule is c1ccc(-c2cccc(-c3nc(-n4c5ccccc5c5c6ccccc6c6c7ccccc7sc6c54)nc4c3oc3c5ccccc5ccc43)c2)cc1. The van der Waals surface area contributed by atoms with Crippen molar-refractivity contribution in [3.63, 3.8) is 0 Å². The largest absolute Gasteiger partial charge is 0.451 e. The van der Waals surface area contributed by atoms with Crippen LogP contribution in [0.5, 0.6) is 0 Å². The first-order valence-corrected chi connectivity index (χ1v) is 18.7. The second kappa shape index (κ2) is 10.8. The molecule has 0 atom stereocenters. The van der Waals surface area contributed by atoms with E-state index < -0.39 is 0 Å². The third-order valence-corrected chi connectivity index (χ3v) is 12.0. The molecule has 0 amide bonds. The Morgan fingerprint density at radius 2 is 1.15 bits per heavy atom. The van der Waals surface area contributed by atoms with E-state index in [4.69, 9.17) is 14.4 Å². The number of hydrogen-bond acceptors (Lipinski definition) is 4. The smallest absolute Gasteiger partial charge is 0.236 e. The number of hydrogen-bond donors (Lipinski definition) is 0. The van der Waals surface area contributed by atoms with Gasteiger partial charge < -0.3 is 4.42 Å². The van der Waals surface area contributed by atoms with Gasteiger partial charge in [-0.15, -0.1) is 11.3 Å². The number of fused-ring (bicyclic) bond motifs is 15. The summed E-state index contributed by atoms with van der Waals surface area (Å²) < 4.78 is 11.7. The Hall–Kier alpha value is -6.82. The Morgan fingerprint density at radius 3 is 2.02 bits per heavy atom. The van der Waals surface area contributed by atoms with Gasteiger partial charge in [-0.3, -0.25) is 4.57 Å². The molecule has 0 fully saturated rings. The summed E-state index contributed by atoms with van der Waals surface area (Å²) in [6, 6.07) is 58.1. The zero-order chi connectivity index (χ0) is 34.6. The van der Waals surface area contributed by atoms with Crippen molar-refractivity contribution in [2.45, 2.75) is 0 Å². The summed E-state index contributed by atoms with van der Waals surface area (Å²) in [6.07, 6.45) is 0. The van der Waals surface area contributed by atoms with Gasteiger partial charge in [-0.2, -0.15) is 0 Å². The van der Waals surface area contributed by atoms with Crippen molar-refractivity contribution in [2.75, 3.05) is 0 Å². The van der Waals surface area contributed by atoms with Crippen molar-refractivity contribution in [1.29, 1.82) is 0 Å². The van der Waals surface area contributed by atoms with Crippen LogP contribution in [0, 0.1) is 0 Å². The molecule has 0 saturated heterocycles. The molecule has 0 N–H and O–H groups in total. The van der Waals surface area contributed by atoms with Crippen LogP contribution < -0.4 is 0 Å². The number of furan rings is 1. The van der Waals surface area contributed by atoms with Crippen molar-refractivity contribution in [1.82, 2.24) is 14.5 Å². The van der Waals surface area contributed by atoms with Gasteiger partial charge in [0, 0.05) is 42.6 Å². The maximum absolute atomic E-state index is 6.88. The Labute approximate surface area is 306 Å². The lowest BCUT2D eigenvalue weighted by atomic mass is 9.99. The fourth-order valence-electron chi connectivity index (χ4n) is 8.47. The van der Waals surface area contributed by atoms with Gasteiger partial charge in [0.05, 0.1) is 15.7 Å². The van der Waals surface area contributed by atoms with E-state index in [-0.39, 0.29) is 0 Å². The highest BCUT2D eigenvalue weighted by Crippen LogP contribution is 2.48. The molecule has 5 heteroatoms. The lowest BCUT2D eigenvalue weighted by Gasteiger charge is -2.11. The minimum Gasteiger partial charge on any atom is -0.451 e. The number of nitrogens with zero attached hydrogens (tertiary/aromatic N) is 3. The van der Waals surface area contributed by atoms with E-state index >= 15 is 0 Å². The maximum Gasteiger partial charge on any atom is 0.236 e. The highest BCUT2D eigenvalue weighted by Gasteiger charge is 2.25. The first-order chi connectivity index (χ1) is 26.3. The predicted octanol–water partition coefficient (Wildman–Crippen LogP) is 13.5. The van der Waals surface area contributed by atoms with Crippen LogP contribution >= 0.6 is 11.3 Å². The van der Waals surface area contributed by atoms with Gasteiger partial charge in [0.15, 0.2) is 5.58 Å². The molecule has 0 saturated carbocycles. The van der Waals surface area contributed by atoms with Crippen molar-refractivity contribution in [3.8, 4) is 28.3 Å². The molecule has 4 nitrogen and oxygen atoms in total. The van der Waals surface area contributed by atoms with Crippen LogP contribution in [-0.2, 0) is 0 Å². The van der Waals surface area contributed by atoms with E-state index in [1.807, 2.05) is 11.3 Å². The molecule has 53 heavy (non-hydrogen) atoms. The fraction of sp³-hybridized carbons (Fsp3) is 0. The predicted molar refractivity (Wildman–Crippen MR) is 222 cm³/mol. The molecule has 4 aromatic heterocycles. The van der Waals surface area contributed by atoms with Gasteiger partial charge >= 0.3 is 0 Å². The average molecular weight is 694 g/mol. The highest BCUT2D eigenvalue weighted by atomic mass is 32.1. The standard InChI is InChI=1S/C48H27N3OS/c1-2-13-28(14-3-1)30-16-12-17-31(27-30)42-46-43(37-26-25-29-15-4-5-18-32(29)45(37)52-46)50-48(49-42)51-38-23-10-8-21-35(38)40-33-19-6-7-20-34(33)41-36-22-9-11-24-39(36)53-47(41)44(40)51/h1-27H. The zero-order valence-electron chi connectivity index (χ0n) is 28.2. The van der Waals surface area contributed by atoms with Crippen LogP contribution in [0.3, 0.4) is 0 Å². The van der Waals surface area contributed by atoms with Crippen LogP contribution in [0.15, 0.2) is 168 Å². The first-order valence-electron chi connectivity index (χ1n) is 17.8. The van der Waals surface area contributed by atoms with Gasteiger partial charge in [-0.1, -0.05) is 140 Å². The van der Waals surface area contributed by atoms with Crippen molar-refractivity contribution in [3.05, 3.63) is 164 Å². The molecule has 0 bridgehead atoms. The van der Waals surface area contributed by atoms with Crippen molar-refractivity contribution in [2.24, 2.45) is 0 Å². The van der Waals surface area contributed by atoms with Crippen LogP contribution in [0.25, 0.3) is 114 Å². The minimum absolute atomic E-state index is 0.619. The van der Waals surface area contributed by atoms with E-state index in [1.54, 1.807) is 0 Å². The number of aromatic nitrogens is 3. The van der Waals surface area contributed by atoms with Gasteiger partial charge in [0.25, 0.3) is 0 Å². The molecule has 246 valence electrons. The molecule has 0 radical (unpaired) electrons. The molecular formula is C48H27N3OS. The molecule has 12 aromatic rings. The Balaban J connectivity index is 1.27. The van der Waals surface area contributed by atoms with E-state index in [0.717, 1.165) is 60.7 Å². The van der Waals surface area contributed by atoms with Gasteiger partial charge in [0.2, 0.25) is 5.95 Å². The van der Waals surface area contributed by atoms with E-state index in [0.29, 0.717) is 11.5 Å². The summed E-state index contributed by atoms with van der Waals surface area (Å²) in [5.41, 5.74) is 8.51. The number of benzene rings is 8. The van der Waals surface area contributed by atoms with E-state index in [2.05, 4.69) is 168 Å². The van der Waals surface area contributed by atoms with Crippen LogP contribution in [0.2, 0.25) is 0 Å². The van der Waals surface area contributed by atoms with Crippen molar-refractivity contribution < 1.29 is 4.42 Å². The van der Waals surface area contributed by atoms with E-state index in [1.165, 1.54) is 41.7 Å². The summed E-state index contributed by atoms with van der Waals surface area (Å²) in [6.45, 7) is 0. The quantitative estimate of drug-likeness (QED) is 0.185. The molecule has 4 heterocycles. The minimum atomic E-state index is 0.619. The molecule has 0 spiro atoms. The summed E-state index contributed by atoms with van der Waals surface area (Å²) >= 11 is 1.84. The Morgan fingerprint density at radius 1 is 0.472 bits per heavy atom. The summed E-state index contributed by atoms with van der Waals surface area (Å²) in [4.78, 5) is 11.0. The highest BCUT2D eigenvalue weighted by molar-refractivity contribution is 7.27. The molecule has 8 aromatic carbocycles. The Bertz CT molecular complexity index is 3460. The van der Waals surface area contributed by atoms with Crippen LogP contribution in [-0.4, -0.2) is 14.5 Å². The first kappa shape index (κ1) is 28.8. The lowest BCUT2D eigenvalue weighted by Crippen LogP contribution is -2.03. The summed E-state index contributed by atoms with van der Waals surface area (Å²) in [7, 11) is 0. The average Bonchev–Trinajstić information content (AvgIpc) is 3.91. The summed E-state index contributed by atoms with van der Waals surface area (Å²) in [5.74, 6) is 0.619. The molecule has 0 aliphatic carbocycles. The zero-order valence-corrected chi connectivity index (χ0v) is 29.1. The number of rotatable bonds is 3. The Kier molecular flexibility index (Phi) is 5.90. The molecular weight excluding hydrogens is 667 g/mol. The third-order valence-electron chi connectivity index (χ3n) is 10.8. The van der Waals surface area contributed by atoms with E-state index in [9.17, 15) is 0 Å². The van der Waals surface area contributed by atoms with Gasteiger partial charge in [0.1, 0.15) is 16.8 Å². The maximum atomic E-state index is 6.88. The second-order valence-electron chi connectivity index (χ2n) is 13.7. The van der Waals surface area contributed by atoms with Crippen molar-refractivity contribution >= 4 is 96.9 Å². The fourth-order valence-corrected chi connectivity index (χ4v) is 9.72. The van der Waals surface area contributed by atoms with Gasteiger partial charge in [-0.05, 0) is 51.6 Å². The molecule has 0 aliphatic heterocycles. The normalized spacial score (nSPS) is 12.2. The van der Waals surface area contributed by atoms with Crippen LogP contribution in [0.4, 0.5) is 0 Å².